The fourth-order valence-corrected chi connectivity index (χ4v) is 3.38. The van der Waals surface area contributed by atoms with Crippen molar-refractivity contribution >= 4 is 11.9 Å². The zero-order chi connectivity index (χ0) is 22.6. The van der Waals surface area contributed by atoms with Crippen molar-refractivity contribution < 1.29 is 19.1 Å². The van der Waals surface area contributed by atoms with Gasteiger partial charge in [0.1, 0.15) is 0 Å². The Hall–Kier alpha value is -1.06. The number of rotatable bonds is 20. The van der Waals surface area contributed by atoms with Gasteiger partial charge in [0.25, 0.3) is 0 Å². The highest BCUT2D eigenvalue weighted by Gasteiger charge is 2.17. The second-order valence-corrected chi connectivity index (χ2v) is 9.58. The second-order valence-electron chi connectivity index (χ2n) is 9.58. The van der Waals surface area contributed by atoms with Crippen LogP contribution in [0.1, 0.15) is 125 Å². The number of hydrogen-bond acceptors (Lipinski definition) is 4. The topological polar surface area (TPSA) is 52.6 Å². The number of unbranched alkanes of at least 4 members (excludes halogenated alkanes) is 8. The lowest BCUT2D eigenvalue weighted by molar-refractivity contribution is -0.149. The second kappa shape index (κ2) is 19.9. The van der Waals surface area contributed by atoms with Crippen molar-refractivity contribution in [3.8, 4) is 0 Å². The molecule has 4 heteroatoms. The van der Waals surface area contributed by atoms with Gasteiger partial charge in [0, 0.05) is 6.42 Å². The Balaban J connectivity index is 3.48. The molecule has 30 heavy (non-hydrogen) atoms. The molecule has 0 aliphatic carbocycles. The highest BCUT2D eigenvalue weighted by molar-refractivity contribution is 5.72. The number of hydrogen-bond donors (Lipinski definition) is 0. The molecule has 0 aromatic heterocycles. The number of carbonyl (C=O) groups excluding carboxylic acids is 2. The molecule has 4 nitrogen and oxygen atoms in total. The first-order valence-corrected chi connectivity index (χ1v) is 12.7. The lowest BCUT2D eigenvalue weighted by atomic mass is 9.97. The minimum Gasteiger partial charge on any atom is -0.466 e. The summed E-state index contributed by atoms with van der Waals surface area (Å²) in [6.45, 7) is 11.8. The Morgan fingerprint density at radius 2 is 1.10 bits per heavy atom. The zero-order valence-corrected chi connectivity index (χ0v) is 20.7. The van der Waals surface area contributed by atoms with E-state index in [1.807, 2.05) is 0 Å². The quantitative estimate of drug-likeness (QED) is 0.149. The standard InChI is InChI=1S/C26H50O4/c1-6-24(26(28)30-21-19-23(4)5)16-14-12-10-8-7-9-11-13-15-17-25(27)29-20-18-22(2)3/h22-24H,6-21H2,1-5H3. The molecule has 0 bridgehead atoms. The van der Waals surface area contributed by atoms with Crippen LogP contribution >= 0.6 is 0 Å². The smallest absolute Gasteiger partial charge is 0.308 e. The van der Waals surface area contributed by atoms with Gasteiger partial charge in [0.2, 0.25) is 0 Å². The Morgan fingerprint density at radius 3 is 1.60 bits per heavy atom. The molecular formula is C26H50O4. The molecule has 0 amide bonds. The molecule has 178 valence electrons. The molecule has 0 aliphatic rings. The van der Waals surface area contributed by atoms with Crippen molar-refractivity contribution in [3.63, 3.8) is 0 Å². The van der Waals surface area contributed by atoms with E-state index in [9.17, 15) is 9.59 Å². The van der Waals surface area contributed by atoms with E-state index in [2.05, 4.69) is 34.6 Å². The number of ether oxygens (including phenoxy) is 2. The molecule has 0 N–H and O–H groups in total. The maximum atomic E-state index is 12.1. The van der Waals surface area contributed by atoms with Gasteiger partial charge in [-0.1, -0.05) is 86.0 Å². The van der Waals surface area contributed by atoms with E-state index in [0.717, 1.165) is 44.9 Å². The lowest BCUT2D eigenvalue weighted by Crippen LogP contribution is -2.18. The van der Waals surface area contributed by atoms with Crippen molar-refractivity contribution in [1.82, 2.24) is 0 Å². The molecule has 0 aromatic rings. The third kappa shape index (κ3) is 18.9. The maximum Gasteiger partial charge on any atom is 0.308 e. The van der Waals surface area contributed by atoms with Crippen LogP contribution in [0.3, 0.4) is 0 Å². The predicted molar refractivity (Wildman–Crippen MR) is 125 cm³/mol. The third-order valence-corrected chi connectivity index (χ3v) is 5.66. The summed E-state index contributed by atoms with van der Waals surface area (Å²) in [7, 11) is 0. The summed E-state index contributed by atoms with van der Waals surface area (Å²) in [6, 6.07) is 0. The van der Waals surface area contributed by atoms with Gasteiger partial charge in [-0.25, -0.2) is 0 Å². The summed E-state index contributed by atoms with van der Waals surface area (Å²) >= 11 is 0. The largest absolute Gasteiger partial charge is 0.466 e. The van der Waals surface area contributed by atoms with Gasteiger partial charge < -0.3 is 9.47 Å². The highest BCUT2D eigenvalue weighted by Crippen LogP contribution is 2.18. The maximum absolute atomic E-state index is 12.1. The van der Waals surface area contributed by atoms with Crippen LogP contribution in [-0.4, -0.2) is 25.2 Å². The minimum absolute atomic E-state index is 0.00181. The average molecular weight is 427 g/mol. The first-order chi connectivity index (χ1) is 14.4. The fraction of sp³-hybridized carbons (Fsp3) is 0.923. The molecule has 0 heterocycles. The van der Waals surface area contributed by atoms with E-state index >= 15 is 0 Å². The minimum atomic E-state index is -0.0372. The van der Waals surface area contributed by atoms with Crippen LogP contribution in [-0.2, 0) is 19.1 Å². The van der Waals surface area contributed by atoms with Crippen LogP contribution in [0, 0.1) is 17.8 Å². The van der Waals surface area contributed by atoms with Gasteiger partial charge in [-0.15, -0.1) is 0 Å². The van der Waals surface area contributed by atoms with E-state index in [1.54, 1.807) is 0 Å². The van der Waals surface area contributed by atoms with Crippen molar-refractivity contribution in [2.24, 2.45) is 17.8 Å². The molecule has 0 spiro atoms. The normalized spacial score (nSPS) is 12.4. The van der Waals surface area contributed by atoms with Crippen LogP contribution < -0.4 is 0 Å². The van der Waals surface area contributed by atoms with Gasteiger partial charge in [0.05, 0.1) is 19.1 Å². The number of carbonyl (C=O) groups is 2. The van der Waals surface area contributed by atoms with E-state index in [-0.39, 0.29) is 17.9 Å². The summed E-state index contributed by atoms with van der Waals surface area (Å²) in [5, 5.41) is 0. The van der Waals surface area contributed by atoms with Gasteiger partial charge in [-0.05, 0) is 43.9 Å². The van der Waals surface area contributed by atoms with Gasteiger partial charge in [-0.3, -0.25) is 9.59 Å². The van der Waals surface area contributed by atoms with Gasteiger partial charge >= 0.3 is 11.9 Å². The molecule has 0 fully saturated rings. The molecule has 0 saturated carbocycles. The Kier molecular flexibility index (Phi) is 19.2. The van der Waals surface area contributed by atoms with E-state index in [4.69, 9.17) is 9.47 Å². The van der Waals surface area contributed by atoms with Gasteiger partial charge in [-0.2, -0.15) is 0 Å². The lowest BCUT2D eigenvalue weighted by Gasteiger charge is -2.14. The van der Waals surface area contributed by atoms with E-state index < -0.39 is 0 Å². The summed E-state index contributed by atoms with van der Waals surface area (Å²) in [5.74, 6) is 1.21. The highest BCUT2D eigenvalue weighted by atomic mass is 16.5. The zero-order valence-electron chi connectivity index (χ0n) is 20.7. The summed E-state index contributed by atoms with van der Waals surface area (Å²) < 4.78 is 10.7. The van der Waals surface area contributed by atoms with Crippen molar-refractivity contribution in [2.45, 2.75) is 125 Å². The van der Waals surface area contributed by atoms with E-state index in [0.29, 0.717) is 31.5 Å². The average Bonchev–Trinajstić information content (AvgIpc) is 2.68. The van der Waals surface area contributed by atoms with Crippen LogP contribution in [0.5, 0.6) is 0 Å². The first kappa shape index (κ1) is 28.9. The molecule has 1 unspecified atom stereocenters. The summed E-state index contributed by atoms with van der Waals surface area (Å²) in [5.41, 5.74) is 0. The SMILES string of the molecule is CCC(CCCCCCCCCCCC(=O)OCCC(C)C)C(=O)OCCC(C)C. The van der Waals surface area contributed by atoms with Crippen molar-refractivity contribution in [1.29, 1.82) is 0 Å². The third-order valence-electron chi connectivity index (χ3n) is 5.66. The number of esters is 2. The molecule has 0 rings (SSSR count). The van der Waals surface area contributed by atoms with Crippen molar-refractivity contribution in [3.05, 3.63) is 0 Å². The monoisotopic (exact) mass is 426 g/mol. The Morgan fingerprint density at radius 1 is 0.633 bits per heavy atom. The molecule has 1 atom stereocenters. The van der Waals surface area contributed by atoms with Crippen molar-refractivity contribution in [2.75, 3.05) is 13.2 Å². The molecule has 0 aromatic carbocycles. The predicted octanol–water partition coefficient (Wildman–Crippen LogP) is 7.48. The molecular weight excluding hydrogens is 376 g/mol. The van der Waals surface area contributed by atoms with E-state index in [1.165, 1.54) is 38.5 Å². The van der Waals surface area contributed by atoms with Crippen LogP contribution in [0.2, 0.25) is 0 Å². The summed E-state index contributed by atoms with van der Waals surface area (Å²) in [4.78, 5) is 23.7. The van der Waals surface area contributed by atoms with Crippen LogP contribution in [0.4, 0.5) is 0 Å². The van der Waals surface area contributed by atoms with Gasteiger partial charge in [0.15, 0.2) is 0 Å². The van der Waals surface area contributed by atoms with Crippen LogP contribution in [0.15, 0.2) is 0 Å². The summed E-state index contributed by atoms with van der Waals surface area (Å²) in [6.07, 6.45) is 15.0. The first-order valence-electron chi connectivity index (χ1n) is 12.7. The fourth-order valence-electron chi connectivity index (χ4n) is 3.38. The Labute approximate surface area is 186 Å². The Bertz CT molecular complexity index is 417. The molecule has 0 radical (unpaired) electrons. The van der Waals surface area contributed by atoms with Crippen LogP contribution in [0.25, 0.3) is 0 Å². The molecule has 0 aliphatic heterocycles. The molecule has 0 saturated heterocycles.